The smallest absolute Gasteiger partial charge is 0.387 e. The number of hydrogen-bond acceptors (Lipinski definition) is 4. The number of halogens is 2. The molecule has 1 aromatic rings. The lowest BCUT2D eigenvalue weighted by Gasteiger charge is -2.12. The SMILES string of the molecule is CC(C)[NH2+]C(=CC(=N)c1cnc(N)c(OC(F)F)c1)C1C2CCCC21. The Morgan fingerprint density at radius 2 is 2.08 bits per heavy atom. The van der Waals surface area contributed by atoms with E-state index in [1.54, 1.807) is 0 Å². The lowest BCUT2D eigenvalue weighted by atomic mass is 10.0. The molecule has 0 amide bonds. The summed E-state index contributed by atoms with van der Waals surface area (Å²) in [6, 6.07) is 1.75. The molecule has 7 heteroatoms. The largest absolute Gasteiger partial charge is 0.431 e. The standard InChI is InChI=1S/C18H24F2N4O/c1-9(2)24-14(16-11-4-3-5-12(11)16)7-13(21)10-6-15(25-18(19)20)17(22)23-8-10/h6-9,11-12,16,18,21,24H,3-5H2,1-2H3,(H2,22,23)/p+1. The van der Waals surface area contributed by atoms with E-state index in [0.717, 1.165) is 11.8 Å². The number of nitrogen functional groups attached to an aromatic ring is 1. The first-order chi connectivity index (χ1) is 11.9. The lowest BCUT2D eigenvalue weighted by molar-refractivity contribution is -0.640. The van der Waals surface area contributed by atoms with E-state index in [2.05, 4.69) is 28.9 Å². The molecule has 0 radical (unpaired) electrons. The normalized spacial score (nSPS) is 25.4. The number of nitrogens with one attached hydrogen (secondary N) is 1. The van der Waals surface area contributed by atoms with Gasteiger partial charge in [0.05, 0.1) is 11.8 Å². The fourth-order valence-corrected chi connectivity index (χ4v) is 4.00. The van der Waals surface area contributed by atoms with Crippen LogP contribution in [0.25, 0.3) is 0 Å². The van der Waals surface area contributed by atoms with E-state index >= 15 is 0 Å². The van der Waals surface area contributed by atoms with Crippen molar-refractivity contribution in [3.8, 4) is 5.75 Å². The third kappa shape index (κ3) is 3.98. The predicted octanol–water partition coefficient (Wildman–Crippen LogP) is 2.53. The Kier molecular flexibility index (Phi) is 5.03. The Balaban J connectivity index is 1.81. The van der Waals surface area contributed by atoms with E-state index in [4.69, 9.17) is 11.1 Å². The first-order valence-electron chi connectivity index (χ1n) is 8.72. The lowest BCUT2D eigenvalue weighted by Crippen LogP contribution is -2.87. The summed E-state index contributed by atoms with van der Waals surface area (Å²) in [6.07, 6.45) is 7.10. The Morgan fingerprint density at radius 1 is 1.40 bits per heavy atom. The topological polar surface area (TPSA) is 88.6 Å². The summed E-state index contributed by atoms with van der Waals surface area (Å²) in [4.78, 5) is 3.88. The minimum absolute atomic E-state index is 0.105. The molecule has 2 aliphatic carbocycles. The molecule has 136 valence electrons. The summed E-state index contributed by atoms with van der Waals surface area (Å²) in [5.74, 6) is 1.73. The van der Waals surface area contributed by atoms with E-state index in [-0.39, 0.29) is 17.3 Å². The van der Waals surface area contributed by atoms with Gasteiger partial charge in [-0.1, -0.05) is 6.42 Å². The maximum atomic E-state index is 12.5. The minimum atomic E-state index is -2.97. The van der Waals surface area contributed by atoms with E-state index in [1.807, 2.05) is 6.08 Å². The number of pyridine rings is 1. The van der Waals surface area contributed by atoms with E-state index in [0.29, 0.717) is 17.5 Å². The van der Waals surface area contributed by atoms with Crippen molar-refractivity contribution >= 4 is 11.5 Å². The molecule has 3 rings (SSSR count). The van der Waals surface area contributed by atoms with Crippen LogP contribution in [0.4, 0.5) is 14.6 Å². The number of quaternary nitrogens is 1. The average Bonchev–Trinajstić information content (AvgIpc) is 3.00. The molecular weight excluding hydrogens is 326 g/mol. The van der Waals surface area contributed by atoms with Gasteiger partial charge in [-0.2, -0.15) is 8.78 Å². The fourth-order valence-electron chi connectivity index (χ4n) is 4.00. The average molecular weight is 351 g/mol. The van der Waals surface area contributed by atoms with Crippen molar-refractivity contribution < 1.29 is 18.8 Å². The van der Waals surface area contributed by atoms with Crippen LogP contribution in [0.15, 0.2) is 24.0 Å². The number of anilines is 1. The molecule has 0 aromatic carbocycles. The van der Waals surface area contributed by atoms with Crippen molar-refractivity contribution in [1.29, 1.82) is 5.41 Å². The summed E-state index contributed by atoms with van der Waals surface area (Å²) in [6.45, 7) is 1.27. The maximum Gasteiger partial charge on any atom is 0.387 e. The quantitative estimate of drug-likeness (QED) is 0.660. The van der Waals surface area contributed by atoms with Gasteiger partial charge in [0.1, 0.15) is 5.70 Å². The summed E-state index contributed by atoms with van der Waals surface area (Å²) in [5, 5.41) is 10.6. The molecule has 2 fully saturated rings. The number of fused-ring (bicyclic) bond motifs is 1. The van der Waals surface area contributed by atoms with Gasteiger partial charge in [0.15, 0.2) is 11.6 Å². The van der Waals surface area contributed by atoms with E-state index in [1.165, 1.54) is 37.2 Å². The zero-order valence-corrected chi connectivity index (χ0v) is 14.5. The molecule has 2 unspecified atom stereocenters. The van der Waals surface area contributed by atoms with Gasteiger partial charge in [-0.3, -0.25) is 5.41 Å². The van der Waals surface area contributed by atoms with Gasteiger partial charge >= 0.3 is 6.61 Å². The minimum Gasteiger partial charge on any atom is -0.431 e. The van der Waals surface area contributed by atoms with Crippen LogP contribution in [0.3, 0.4) is 0 Å². The van der Waals surface area contributed by atoms with Crippen LogP contribution in [-0.4, -0.2) is 23.3 Å². The van der Waals surface area contributed by atoms with Crippen molar-refractivity contribution in [2.75, 3.05) is 5.73 Å². The Morgan fingerprint density at radius 3 is 2.68 bits per heavy atom. The van der Waals surface area contributed by atoms with Crippen LogP contribution in [0.5, 0.6) is 5.75 Å². The molecule has 2 saturated carbocycles. The van der Waals surface area contributed by atoms with Gasteiger partial charge in [-0.05, 0) is 44.6 Å². The molecule has 2 aliphatic rings. The predicted molar refractivity (Wildman–Crippen MR) is 91.6 cm³/mol. The molecule has 0 spiro atoms. The van der Waals surface area contributed by atoms with Gasteiger partial charge in [0.2, 0.25) is 0 Å². The molecule has 0 saturated heterocycles. The second-order valence-electron chi connectivity index (χ2n) is 7.24. The Hall–Kier alpha value is -2.02. The summed E-state index contributed by atoms with van der Waals surface area (Å²) < 4.78 is 29.3. The van der Waals surface area contributed by atoms with Gasteiger partial charge in [-0.25, -0.2) is 4.98 Å². The highest BCUT2D eigenvalue weighted by Crippen LogP contribution is 2.59. The summed E-state index contributed by atoms with van der Waals surface area (Å²) in [5.41, 5.74) is 7.41. The highest BCUT2D eigenvalue weighted by molar-refractivity contribution is 6.07. The highest BCUT2D eigenvalue weighted by atomic mass is 19.3. The molecule has 0 aliphatic heterocycles. The molecule has 1 heterocycles. The molecule has 5 nitrogen and oxygen atoms in total. The van der Waals surface area contributed by atoms with Crippen LogP contribution in [-0.2, 0) is 0 Å². The van der Waals surface area contributed by atoms with Crippen LogP contribution in [0, 0.1) is 23.2 Å². The van der Waals surface area contributed by atoms with Crippen LogP contribution in [0.1, 0.15) is 38.7 Å². The molecular formula is C18H25F2N4O+. The summed E-state index contributed by atoms with van der Waals surface area (Å²) in [7, 11) is 0. The van der Waals surface area contributed by atoms with Gasteiger partial charge < -0.3 is 15.8 Å². The van der Waals surface area contributed by atoms with Crippen molar-refractivity contribution in [3.05, 3.63) is 29.6 Å². The Labute approximate surface area is 146 Å². The van der Waals surface area contributed by atoms with Crippen molar-refractivity contribution in [3.63, 3.8) is 0 Å². The number of aromatic nitrogens is 1. The molecule has 2 atom stereocenters. The number of nitrogens with zero attached hydrogens (tertiary/aromatic N) is 1. The zero-order chi connectivity index (χ0) is 18.1. The maximum absolute atomic E-state index is 12.5. The molecule has 5 N–H and O–H groups in total. The number of hydrogen-bond donors (Lipinski definition) is 3. The molecule has 1 aromatic heterocycles. The first-order valence-corrected chi connectivity index (χ1v) is 8.72. The highest BCUT2D eigenvalue weighted by Gasteiger charge is 2.56. The number of ether oxygens (including phenoxy) is 1. The van der Waals surface area contributed by atoms with E-state index < -0.39 is 6.61 Å². The van der Waals surface area contributed by atoms with Crippen LogP contribution < -0.4 is 15.8 Å². The Bertz CT molecular complexity index is 680. The zero-order valence-electron chi connectivity index (χ0n) is 14.5. The van der Waals surface area contributed by atoms with Gasteiger partial charge in [0.25, 0.3) is 0 Å². The number of alkyl halides is 2. The third-order valence-corrected chi connectivity index (χ3v) is 5.04. The number of nitrogens with two attached hydrogens (primary N) is 2. The van der Waals surface area contributed by atoms with E-state index in [9.17, 15) is 8.78 Å². The van der Waals surface area contributed by atoms with Gasteiger partial charge in [-0.15, -0.1) is 0 Å². The second kappa shape index (κ2) is 7.07. The third-order valence-electron chi connectivity index (χ3n) is 5.04. The molecule has 25 heavy (non-hydrogen) atoms. The van der Waals surface area contributed by atoms with Crippen LogP contribution >= 0.6 is 0 Å². The van der Waals surface area contributed by atoms with Crippen molar-refractivity contribution in [2.45, 2.75) is 45.8 Å². The summed E-state index contributed by atoms with van der Waals surface area (Å²) >= 11 is 0. The first kappa shape index (κ1) is 17.8. The second-order valence-corrected chi connectivity index (χ2v) is 7.24. The monoisotopic (exact) mass is 351 g/mol. The van der Waals surface area contributed by atoms with Crippen molar-refractivity contribution in [2.24, 2.45) is 17.8 Å². The number of allylic oxidation sites excluding steroid dienone is 2. The van der Waals surface area contributed by atoms with Crippen LogP contribution in [0.2, 0.25) is 0 Å². The molecule has 0 bridgehead atoms. The van der Waals surface area contributed by atoms with Gasteiger partial charge in [0, 0.05) is 23.8 Å². The number of rotatable bonds is 7. The van der Waals surface area contributed by atoms with Crippen molar-refractivity contribution in [1.82, 2.24) is 4.98 Å². The fraction of sp³-hybridized carbons (Fsp3) is 0.556.